The van der Waals surface area contributed by atoms with Crippen LogP contribution in [0.5, 0.6) is 0 Å². The van der Waals surface area contributed by atoms with Crippen molar-refractivity contribution >= 4 is 16.7 Å². The Morgan fingerprint density at radius 1 is 0.926 bits per heavy atom. The molecule has 3 aromatic rings. The van der Waals surface area contributed by atoms with E-state index in [4.69, 9.17) is 9.97 Å². The van der Waals surface area contributed by atoms with Crippen molar-refractivity contribution in [3.05, 3.63) is 52.8 Å². The molecule has 0 radical (unpaired) electrons. The second-order valence-corrected chi connectivity index (χ2v) is 7.50. The second kappa shape index (κ2) is 8.08. The third-order valence-electron chi connectivity index (χ3n) is 5.23. The zero-order chi connectivity index (χ0) is 19.6. The molecule has 3 heteroatoms. The summed E-state index contributed by atoms with van der Waals surface area (Å²) in [7, 11) is 0. The van der Waals surface area contributed by atoms with E-state index < -0.39 is 0 Å². The average molecular weight is 362 g/mol. The molecule has 0 N–H and O–H groups in total. The zero-order valence-electron chi connectivity index (χ0n) is 17.6. The van der Waals surface area contributed by atoms with Gasteiger partial charge in [0.2, 0.25) is 0 Å². The number of para-hydroxylation sites is 1. The molecule has 0 fully saturated rings. The lowest BCUT2D eigenvalue weighted by atomic mass is 9.92. The van der Waals surface area contributed by atoms with Crippen molar-refractivity contribution in [1.29, 1.82) is 0 Å². The van der Waals surface area contributed by atoms with Gasteiger partial charge in [-0.25, -0.2) is 9.97 Å². The van der Waals surface area contributed by atoms with E-state index in [1.54, 1.807) is 0 Å². The van der Waals surface area contributed by atoms with Crippen molar-refractivity contribution in [1.82, 2.24) is 9.97 Å². The first kappa shape index (κ1) is 19.3. The molecule has 0 aliphatic rings. The minimum Gasteiger partial charge on any atom is -0.356 e. The van der Waals surface area contributed by atoms with Crippen LogP contribution in [0.3, 0.4) is 0 Å². The SMILES string of the molecule is CCCCN(CC)c1nc(C)nc2c(-c3c(C)cc(C)cc3C)cccc12. The van der Waals surface area contributed by atoms with Crippen LogP contribution >= 0.6 is 0 Å². The van der Waals surface area contributed by atoms with Crippen molar-refractivity contribution in [2.24, 2.45) is 0 Å². The summed E-state index contributed by atoms with van der Waals surface area (Å²) in [6.07, 6.45) is 2.36. The fourth-order valence-corrected chi connectivity index (χ4v) is 4.06. The highest BCUT2D eigenvalue weighted by molar-refractivity contribution is 6.00. The molecule has 1 aromatic heterocycles. The smallest absolute Gasteiger partial charge is 0.140 e. The number of hydrogen-bond donors (Lipinski definition) is 0. The number of anilines is 1. The third-order valence-corrected chi connectivity index (χ3v) is 5.23. The van der Waals surface area contributed by atoms with Gasteiger partial charge in [0, 0.05) is 24.0 Å². The molecule has 0 saturated heterocycles. The predicted molar refractivity (Wildman–Crippen MR) is 117 cm³/mol. The highest BCUT2D eigenvalue weighted by Crippen LogP contribution is 2.35. The molecule has 0 atom stereocenters. The average Bonchev–Trinajstić information content (AvgIpc) is 2.61. The molecule has 27 heavy (non-hydrogen) atoms. The molecule has 0 aliphatic carbocycles. The number of fused-ring (bicyclic) bond motifs is 1. The molecule has 1 heterocycles. The number of benzene rings is 2. The van der Waals surface area contributed by atoms with Gasteiger partial charge in [-0.05, 0) is 63.8 Å². The van der Waals surface area contributed by atoms with Gasteiger partial charge < -0.3 is 4.90 Å². The van der Waals surface area contributed by atoms with Gasteiger partial charge in [-0.15, -0.1) is 0 Å². The van der Waals surface area contributed by atoms with Crippen molar-refractivity contribution in [2.45, 2.75) is 54.4 Å². The van der Waals surface area contributed by atoms with E-state index in [9.17, 15) is 0 Å². The Morgan fingerprint density at radius 3 is 2.26 bits per heavy atom. The normalized spacial score (nSPS) is 11.2. The number of unbranched alkanes of at least 4 members (excludes halogenated alkanes) is 1. The van der Waals surface area contributed by atoms with Crippen molar-refractivity contribution in [2.75, 3.05) is 18.0 Å². The van der Waals surface area contributed by atoms with Gasteiger partial charge in [-0.1, -0.05) is 43.2 Å². The van der Waals surface area contributed by atoms with Gasteiger partial charge in [0.05, 0.1) is 5.52 Å². The van der Waals surface area contributed by atoms with Gasteiger partial charge in [0.15, 0.2) is 0 Å². The number of nitrogens with zero attached hydrogens (tertiary/aromatic N) is 3. The topological polar surface area (TPSA) is 29.0 Å². The Balaban J connectivity index is 2.26. The summed E-state index contributed by atoms with van der Waals surface area (Å²) in [6, 6.07) is 11.0. The van der Waals surface area contributed by atoms with E-state index >= 15 is 0 Å². The Bertz CT molecular complexity index is 936. The highest BCUT2D eigenvalue weighted by Gasteiger charge is 2.17. The van der Waals surface area contributed by atoms with Crippen molar-refractivity contribution in [3.63, 3.8) is 0 Å². The van der Waals surface area contributed by atoms with Crippen LogP contribution in [0.15, 0.2) is 30.3 Å². The van der Waals surface area contributed by atoms with E-state index in [-0.39, 0.29) is 0 Å². The Labute approximate surface area is 163 Å². The molecule has 0 bridgehead atoms. The van der Waals surface area contributed by atoms with Crippen LogP contribution in [0.2, 0.25) is 0 Å². The summed E-state index contributed by atoms with van der Waals surface area (Å²) in [6.45, 7) is 15.0. The summed E-state index contributed by atoms with van der Waals surface area (Å²) in [5.74, 6) is 1.90. The fourth-order valence-electron chi connectivity index (χ4n) is 4.06. The number of aromatic nitrogens is 2. The zero-order valence-corrected chi connectivity index (χ0v) is 17.6. The first-order chi connectivity index (χ1) is 13.0. The molecule has 0 spiro atoms. The maximum absolute atomic E-state index is 4.88. The molecule has 3 nitrogen and oxygen atoms in total. The summed E-state index contributed by atoms with van der Waals surface area (Å²) >= 11 is 0. The van der Waals surface area contributed by atoms with E-state index in [1.165, 1.54) is 40.7 Å². The largest absolute Gasteiger partial charge is 0.356 e. The van der Waals surface area contributed by atoms with Crippen LogP contribution in [-0.4, -0.2) is 23.1 Å². The second-order valence-electron chi connectivity index (χ2n) is 7.50. The summed E-state index contributed by atoms with van der Waals surface area (Å²) < 4.78 is 0. The molecular formula is C24H31N3. The van der Waals surface area contributed by atoms with E-state index in [0.717, 1.165) is 35.6 Å². The van der Waals surface area contributed by atoms with Crippen molar-refractivity contribution in [3.8, 4) is 11.1 Å². The van der Waals surface area contributed by atoms with Crippen molar-refractivity contribution < 1.29 is 0 Å². The highest BCUT2D eigenvalue weighted by atomic mass is 15.2. The van der Waals surface area contributed by atoms with Crippen LogP contribution in [0, 0.1) is 27.7 Å². The van der Waals surface area contributed by atoms with Crippen LogP contribution in [0.1, 0.15) is 49.2 Å². The molecule has 3 rings (SSSR count). The summed E-state index contributed by atoms with van der Waals surface area (Å²) in [5.41, 5.74) is 7.47. The van der Waals surface area contributed by atoms with E-state index in [1.807, 2.05) is 6.92 Å². The molecule has 0 saturated carbocycles. The Kier molecular flexibility index (Phi) is 5.79. The monoisotopic (exact) mass is 361 g/mol. The minimum atomic E-state index is 0.835. The maximum Gasteiger partial charge on any atom is 0.140 e. The summed E-state index contributed by atoms with van der Waals surface area (Å²) in [4.78, 5) is 12.1. The molecule has 0 unspecified atom stereocenters. The lowest BCUT2D eigenvalue weighted by molar-refractivity contribution is 0.724. The fraction of sp³-hybridized carbons (Fsp3) is 0.417. The minimum absolute atomic E-state index is 0.835. The molecule has 0 amide bonds. The molecule has 142 valence electrons. The van der Waals surface area contributed by atoms with Gasteiger partial charge in [-0.2, -0.15) is 0 Å². The van der Waals surface area contributed by atoms with Gasteiger partial charge in [-0.3, -0.25) is 0 Å². The quantitative estimate of drug-likeness (QED) is 0.527. The Hall–Kier alpha value is -2.42. The van der Waals surface area contributed by atoms with Crippen LogP contribution in [0.4, 0.5) is 5.82 Å². The van der Waals surface area contributed by atoms with Crippen LogP contribution in [-0.2, 0) is 0 Å². The standard InChI is InChI=1S/C24H31N3/c1-7-9-13-27(8-2)24-21-12-10-11-20(23(21)25-19(6)26-24)22-17(4)14-16(3)15-18(22)5/h10-12,14-15H,7-9,13H2,1-6H3. The predicted octanol–water partition coefficient (Wildman–Crippen LogP) is 6.16. The lowest BCUT2D eigenvalue weighted by Gasteiger charge is -2.24. The number of rotatable bonds is 6. The third kappa shape index (κ3) is 3.83. The maximum atomic E-state index is 4.88. The Morgan fingerprint density at radius 2 is 1.63 bits per heavy atom. The lowest BCUT2D eigenvalue weighted by Crippen LogP contribution is -2.25. The molecule has 2 aromatic carbocycles. The van der Waals surface area contributed by atoms with Crippen LogP contribution < -0.4 is 4.90 Å². The summed E-state index contributed by atoms with van der Waals surface area (Å²) in [5, 5.41) is 1.15. The number of aryl methyl sites for hydroxylation is 4. The van der Waals surface area contributed by atoms with Gasteiger partial charge >= 0.3 is 0 Å². The molecular weight excluding hydrogens is 330 g/mol. The van der Waals surface area contributed by atoms with Gasteiger partial charge in [0.1, 0.15) is 11.6 Å². The van der Waals surface area contributed by atoms with Crippen LogP contribution in [0.25, 0.3) is 22.0 Å². The van der Waals surface area contributed by atoms with E-state index in [2.05, 4.69) is 69.9 Å². The van der Waals surface area contributed by atoms with E-state index in [0.29, 0.717) is 0 Å². The number of hydrogen-bond acceptors (Lipinski definition) is 3. The first-order valence-electron chi connectivity index (χ1n) is 10.1. The van der Waals surface area contributed by atoms with Gasteiger partial charge in [0.25, 0.3) is 0 Å². The molecule has 0 aliphatic heterocycles. The first-order valence-corrected chi connectivity index (χ1v) is 10.1.